The van der Waals surface area contributed by atoms with E-state index in [9.17, 15) is 4.79 Å². The number of nitrogens with zero attached hydrogens (tertiary/aromatic N) is 2. The van der Waals surface area contributed by atoms with Gasteiger partial charge in [0.2, 0.25) is 5.91 Å². The lowest BCUT2D eigenvalue weighted by atomic mass is 9.84. The molecule has 2 aliphatic heterocycles. The minimum absolute atomic E-state index is 0.305. The minimum atomic E-state index is 0.305. The fourth-order valence-corrected chi connectivity index (χ4v) is 4.09. The van der Waals surface area contributed by atoms with E-state index < -0.39 is 0 Å². The van der Waals surface area contributed by atoms with Crippen LogP contribution in [-0.2, 0) is 17.8 Å². The zero-order valence-corrected chi connectivity index (χ0v) is 14.7. The minimum Gasteiger partial charge on any atom is -0.490 e. The Balaban J connectivity index is 1.34. The number of carbonyl (C=O) groups is 1. The van der Waals surface area contributed by atoms with Gasteiger partial charge in [-0.15, -0.1) is 0 Å². The molecule has 1 atom stereocenters. The molecule has 1 saturated carbocycles. The fraction of sp³-hybridized carbons (Fsp3) is 0.650. The summed E-state index contributed by atoms with van der Waals surface area (Å²) in [5.41, 5.74) is 2.71. The van der Waals surface area contributed by atoms with Crippen molar-refractivity contribution in [3.63, 3.8) is 0 Å². The molecule has 3 aliphatic rings. The van der Waals surface area contributed by atoms with Crippen LogP contribution in [0, 0.1) is 5.92 Å². The molecule has 1 aliphatic carbocycles. The van der Waals surface area contributed by atoms with Crippen molar-refractivity contribution in [3.8, 4) is 5.75 Å². The summed E-state index contributed by atoms with van der Waals surface area (Å²) in [5.74, 6) is 1.79. The van der Waals surface area contributed by atoms with Crippen molar-refractivity contribution in [1.82, 2.24) is 9.80 Å². The fourth-order valence-electron chi connectivity index (χ4n) is 4.09. The van der Waals surface area contributed by atoms with E-state index in [1.807, 2.05) is 0 Å². The summed E-state index contributed by atoms with van der Waals surface area (Å²) in [6.07, 6.45) is 5.86. The van der Waals surface area contributed by atoms with E-state index in [-0.39, 0.29) is 0 Å². The quantitative estimate of drug-likeness (QED) is 0.855. The molecule has 2 fully saturated rings. The van der Waals surface area contributed by atoms with Gasteiger partial charge in [0.05, 0.1) is 0 Å². The van der Waals surface area contributed by atoms with Crippen molar-refractivity contribution in [1.29, 1.82) is 0 Å². The molecular weight excluding hydrogens is 300 g/mol. The summed E-state index contributed by atoms with van der Waals surface area (Å²) in [6.45, 7) is 7.00. The normalized spacial score (nSPS) is 24.9. The number of amides is 1. The third-order valence-corrected chi connectivity index (χ3v) is 5.72. The van der Waals surface area contributed by atoms with E-state index in [1.54, 1.807) is 0 Å². The van der Waals surface area contributed by atoms with Crippen LogP contribution in [0.15, 0.2) is 18.2 Å². The molecule has 0 spiro atoms. The Morgan fingerprint density at radius 2 is 2.04 bits per heavy atom. The van der Waals surface area contributed by atoms with Gasteiger partial charge in [-0.05, 0) is 43.4 Å². The van der Waals surface area contributed by atoms with Crippen molar-refractivity contribution < 1.29 is 9.53 Å². The van der Waals surface area contributed by atoms with E-state index in [4.69, 9.17) is 4.74 Å². The predicted octanol–water partition coefficient (Wildman–Crippen LogP) is 2.84. The second kappa shape index (κ2) is 6.75. The van der Waals surface area contributed by atoms with Gasteiger partial charge in [0.1, 0.15) is 11.9 Å². The van der Waals surface area contributed by atoms with Gasteiger partial charge < -0.3 is 9.64 Å². The lowest BCUT2D eigenvalue weighted by molar-refractivity contribution is -0.138. The Bertz CT molecular complexity index is 612. The molecule has 0 bridgehead atoms. The number of ether oxygens (including phenoxy) is 1. The predicted molar refractivity (Wildman–Crippen MR) is 94.1 cm³/mol. The maximum absolute atomic E-state index is 12.5. The van der Waals surface area contributed by atoms with Crippen LogP contribution in [0.25, 0.3) is 0 Å². The highest BCUT2D eigenvalue weighted by Crippen LogP contribution is 2.30. The van der Waals surface area contributed by atoms with Crippen molar-refractivity contribution in [2.24, 2.45) is 5.92 Å². The zero-order valence-electron chi connectivity index (χ0n) is 14.7. The van der Waals surface area contributed by atoms with Gasteiger partial charge in [-0.2, -0.15) is 0 Å². The molecule has 4 heteroatoms. The van der Waals surface area contributed by atoms with Crippen LogP contribution in [0.3, 0.4) is 0 Å². The van der Waals surface area contributed by atoms with E-state index in [0.717, 1.165) is 64.2 Å². The standard InChI is InChI=1S/C20H28N2O2/c1-15-12-18-13-16(6-7-19(18)24-15)14-21-8-3-9-22(11-10-21)20(23)17-4-2-5-17/h6-7,13,15,17H,2-5,8-12,14H2,1H3. The van der Waals surface area contributed by atoms with Crippen molar-refractivity contribution in [3.05, 3.63) is 29.3 Å². The monoisotopic (exact) mass is 328 g/mol. The number of fused-ring (bicyclic) bond motifs is 1. The molecule has 4 rings (SSSR count). The lowest BCUT2D eigenvalue weighted by Gasteiger charge is -2.31. The van der Waals surface area contributed by atoms with Gasteiger partial charge in [0, 0.05) is 45.1 Å². The summed E-state index contributed by atoms with van der Waals surface area (Å²) >= 11 is 0. The summed E-state index contributed by atoms with van der Waals surface area (Å²) in [4.78, 5) is 17.1. The first-order valence-electron chi connectivity index (χ1n) is 9.48. The highest BCUT2D eigenvalue weighted by Gasteiger charge is 2.30. The van der Waals surface area contributed by atoms with Crippen molar-refractivity contribution in [2.75, 3.05) is 26.2 Å². The van der Waals surface area contributed by atoms with Crippen molar-refractivity contribution >= 4 is 5.91 Å². The number of hydrogen-bond donors (Lipinski definition) is 0. The molecule has 130 valence electrons. The van der Waals surface area contributed by atoms with Gasteiger partial charge >= 0.3 is 0 Å². The maximum atomic E-state index is 12.5. The summed E-state index contributed by atoms with van der Waals surface area (Å²) < 4.78 is 5.79. The number of hydrogen-bond acceptors (Lipinski definition) is 3. The molecule has 2 heterocycles. The smallest absolute Gasteiger partial charge is 0.225 e. The third kappa shape index (κ3) is 3.30. The van der Waals surface area contributed by atoms with Crippen molar-refractivity contribution in [2.45, 2.75) is 51.7 Å². The third-order valence-electron chi connectivity index (χ3n) is 5.72. The zero-order chi connectivity index (χ0) is 16.5. The molecule has 0 N–H and O–H groups in total. The summed E-state index contributed by atoms with van der Waals surface area (Å²) in [7, 11) is 0. The molecule has 0 aromatic heterocycles. The Morgan fingerprint density at radius 3 is 2.83 bits per heavy atom. The number of benzene rings is 1. The van der Waals surface area contributed by atoms with Crippen LogP contribution in [-0.4, -0.2) is 48.0 Å². The molecular formula is C20H28N2O2. The largest absolute Gasteiger partial charge is 0.490 e. The second-order valence-corrected chi connectivity index (χ2v) is 7.66. The van der Waals surface area contributed by atoms with Gasteiger partial charge in [-0.1, -0.05) is 18.6 Å². The molecule has 1 aromatic rings. The molecule has 1 unspecified atom stereocenters. The SMILES string of the molecule is CC1Cc2cc(CN3CCCN(C(=O)C4CCC4)CC3)ccc2O1. The number of rotatable bonds is 3. The first-order chi connectivity index (χ1) is 11.7. The van der Waals surface area contributed by atoms with Gasteiger partial charge in [-0.25, -0.2) is 0 Å². The molecule has 1 saturated heterocycles. The first kappa shape index (κ1) is 15.9. The molecule has 1 aromatic carbocycles. The van der Waals surface area contributed by atoms with E-state index in [0.29, 0.717) is 17.9 Å². The lowest BCUT2D eigenvalue weighted by Crippen LogP contribution is -2.41. The highest BCUT2D eigenvalue weighted by atomic mass is 16.5. The van der Waals surface area contributed by atoms with Crippen LogP contribution in [0.5, 0.6) is 5.75 Å². The number of carbonyl (C=O) groups excluding carboxylic acids is 1. The maximum Gasteiger partial charge on any atom is 0.225 e. The molecule has 4 nitrogen and oxygen atoms in total. The van der Waals surface area contributed by atoms with Gasteiger partial charge in [0.25, 0.3) is 0 Å². The van der Waals surface area contributed by atoms with E-state index in [1.165, 1.54) is 17.5 Å². The Labute approximate surface area is 144 Å². The van der Waals surface area contributed by atoms with Crippen LogP contribution >= 0.6 is 0 Å². The molecule has 1 amide bonds. The molecule has 0 radical (unpaired) electrons. The second-order valence-electron chi connectivity index (χ2n) is 7.66. The van der Waals surface area contributed by atoms with Crippen LogP contribution < -0.4 is 4.74 Å². The van der Waals surface area contributed by atoms with Crippen LogP contribution in [0.2, 0.25) is 0 Å². The van der Waals surface area contributed by atoms with Gasteiger partial charge in [-0.3, -0.25) is 9.69 Å². The Morgan fingerprint density at radius 1 is 1.17 bits per heavy atom. The topological polar surface area (TPSA) is 32.8 Å². The van der Waals surface area contributed by atoms with E-state index >= 15 is 0 Å². The first-order valence-corrected chi connectivity index (χ1v) is 9.48. The highest BCUT2D eigenvalue weighted by molar-refractivity contribution is 5.79. The Hall–Kier alpha value is -1.55. The van der Waals surface area contributed by atoms with Crippen LogP contribution in [0.1, 0.15) is 43.7 Å². The summed E-state index contributed by atoms with van der Waals surface area (Å²) in [5, 5.41) is 0. The average Bonchev–Trinajstić information content (AvgIpc) is 2.72. The summed E-state index contributed by atoms with van der Waals surface area (Å²) in [6, 6.07) is 6.62. The van der Waals surface area contributed by atoms with E-state index in [2.05, 4.69) is 34.9 Å². The average molecular weight is 328 g/mol. The molecule has 24 heavy (non-hydrogen) atoms. The van der Waals surface area contributed by atoms with Gasteiger partial charge in [0.15, 0.2) is 0 Å². The van der Waals surface area contributed by atoms with Crippen LogP contribution in [0.4, 0.5) is 0 Å². The Kier molecular flexibility index (Phi) is 4.49.